The molecule has 1 aromatic carbocycles. The first kappa shape index (κ1) is 9.71. The summed E-state index contributed by atoms with van der Waals surface area (Å²) in [7, 11) is 0. The minimum Gasteiger partial charge on any atom is -0.359 e. The van der Waals surface area contributed by atoms with Crippen molar-refractivity contribution in [3.8, 4) is 0 Å². The first-order valence-electron chi connectivity index (χ1n) is 4.68. The van der Waals surface area contributed by atoms with Gasteiger partial charge in [-0.15, -0.1) is 0 Å². The van der Waals surface area contributed by atoms with Gasteiger partial charge in [0.05, 0.1) is 4.92 Å². The normalized spacial score (nSPS) is 10.8. The quantitative estimate of drug-likeness (QED) is 0.602. The van der Waals surface area contributed by atoms with Gasteiger partial charge in [0.15, 0.2) is 0 Å². The maximum absolute atomic E-state index is 10.8. The minimum absolute atomic E-state index is 0.150. The molecule has 0 amide bonds. The van der Waals surface area contributed by atoms with E-state index in [9.17, 15) is 10.1 Å². The van der Waals surface area contributed by atoms with Crippen molar-refractivity contribution >= 4 is 16.6 Å². The van der Waals surface area contributed by atoms with Gasteiger partial charge in [-0.05, 0) is 32.4 Å². The molecule has 0 aliphatic rings. The highest BCUT2D eigenvalue weighted by atomic mass is 16.6. The van der Waals surface area contributed by atoms with Gasteiger partial charge < -0.3 is 4.98 Å². The molecule has 2 aromatic rings. The molecule has 1 N–H and O–H groups in total. The Labute approximate surface area is 87.1 Å². The van der Waals surface area contributed by atoms with Crippen LogP contribution in [0.5, 0.6) is 0 Å². The fourth-order valence-electron chi connectivity index (χ4n) is 1.83. The summed E-state index contributed by atoms with van der Waals surface area (Å²) in [5, 5.41) is 11.7. The Balaban J connectivity index is 2.80. The third-order valence-electron chi connectivity index (χ3n) is 2.47. The lowest BCUT2D eigenvalue weighted by Crippen LogP contribution is -1.94. The number of hydrogen-bond acceptors (Lipinski definition) is 2. The monoisotopic (exact) mass is 203 g/mol. The van der Waals surface area contributed by atoms with Crippen LogP contribution < -0.4 is 0 Å². The van der Waals surface area contributed by atoms with Crippen molar-refractivity contribution in [2.45, 2.75) is 13.3 Å². The Morgan fingerprint density at radius 3 is 2.87 bits per heavy atom. The van der Waals surface area contributed by atoms with Crippen molar-refractivity contribution in [2.24, 2.45) is 0 Å². The van der Waals surface area contributed by atoms with Gasteiger partial charge in [0.25, 0.3) is 5.69 Å². The lowest BCUT2D eigenvalue weighted by Gasteiger charge is -2.00. The van der Waals surface area contributed by atoms with Crippen molar-refractivity contribution in [1.82, 2.24) is 4.98 Å². The topological polar surface area (TPSA) is 58.9 Å². The van der Waals surface area contributed by atoms with Gasteiger partial charge >= 0.3 is 0 Å². The van der Waals surface area contributed by atoms with Gasteiger partial charge in [-0.3, -0.25) is 10.1 Å². The number of benzene rings is 1. The molecular weight excluding hydrogens is 192 g/mol. The Morgan fingerprint density at radius 1 is 1.53 bits per heavy atom. The molecule has 77 valence electrons. The van der Waals surface area contributed by atoms with Crippen LogP contribution in [0.15, 0.2) is 18.2 Å². The van der Waals surface area contributed by atoms with Gasteiger partial charge in [0.1, 0.15) is 0 Å². The molecule has 0 unspecified atom stereocenters. The Kier molecular flexibility index (Phi) is 2.19. The summed E-state index contributed by atoms with van der Waals surface area (Å²) in [6.07, 6.45) is 0.422. The summed E-state index contributed by atoms with van der Waals surface area (Å²) >= 11 is 0. The van der Waals surface area contributed by atoms with Crippen LogP contribution in [0.2, 0.25) is 0 Å². The first-order chi connectivity index (χ1) is 7.13. The molecule has 1 radical (unpaired) electrons. The Hall–Kier alpha value is -1.84. The largest absolute Gasteiger partial charge is 0.359 e. The number of nitro benzene ring substituents is 1. The van der Waals surface area contributed by atoms with Crippen molar-refractivity contribution < 1.29 is 4.92 Å². The average Bonchev–Trinajstić information content (AvgIpc) is 2.55. The first-order valence-corrected chi connectivity index (χ1v) is 4.68. The van der Waals surface area contributed by atoms with Crippen LogP contribution in [0, 0.1) is 24.0 Å². The van der Waals surface area contributed by atoms with Crippen molar-refractivity contribution in [3.63, 3.8) is 0 Å². The number of nitro groups is 1. The lowest BCUT2D eigenvalue weighted by atomic mass is 10.1. The van der Waals surface area contributed by atoms with Crippen LogP contribution in [-0.4, -0.2) is 9.91 Å². The maximum Gasteiger partial charge on any atom is 0.273 e. The van der Waals surface area contributed by atoms with Crippen LogP contribution >= 0.6 is 0 Å². The van der Waals surface area contributed by atoms with E-state index in [1.807, 2.05) is 13.0 Å². The molecule has 0 saturated carbocycles. The molecule has 1 aromatic heterocycles. The summed E-state index contributed by atoms with van der Waals surface area (Å²) in [4.78, 5) is 13.6. The molecular formula is C11H11N2O2. The number of fused-ring (bicyclic) bond motifs is 1. The maximum atomic E-state index is 10.8. The summed E-state index contributed by atoms with van der Waals surface area (Å²) in [6.45, 7) is 5.67. The van der Waals surface area contributed by atoms with E-state index in [1.54, 1.807) is 6.07 Å². The molecule has 0 saturated heterocycles. The van der Waals surface area contributed by atoms with Crippen LogP contribution in [0.3, 0.4) is 0 Å². The highest BCUT2D eigenvalue weighted by Crippen LogP contribution is 2.28. The van der Waals surface area contributed by atoms with E-state index < -0.39 is 0 Å². The van der Waals surface area contributed by atoms with E-state index in [0.29, 0.717) is 12.0 Å². The predicted molar refractivity (Wildman–Crippen MR) is 58.8 cm³/mol. The third-order valence-corrected chi connectivity index (χ3v) is 2.47. The zero-order valence-electron chi connectivity index (χ0n) is 8.41. The van der Waals surface area contributed by atoms with Gasteiger partial charge in [0.2, 0.25) is 0 Å². The second-order valence-electron chi connectivity index (χ2n) is 3.48. The van der Waals surface area contributed by atoms with Crippen molar-refractivity contribution in [1.29, 1.82) is 0 Å². The minimum atomic E-state index is -0.359. The SMILES string of the molecule is [CH2]Cc1c([N+](=O)[O-])ccc2[nH]c(C)cc12. The molecule has 1 heterocycles. The number of hydrogen-bond donors (Lipinski definition) is 1. The lowest BCUT2D eigenvalue weighted by molar-refractivity contribution is -0.385. The second-order valence-corrected chi connectivity index (χ2v) is 3.48. The zero-order chi connectivity index (χ0) is 11.0. The van der Waals surface area contributed by atoms with E-state index in [-0.39, 0.29) is 10.6 Å². The summed E-state index contributed by atoms with van der Waals surface area (Å²) < 4.78 is 0. The molecule has 0 fully saturated rings. The molecule has 15 heavy (non-hydrogen) atoms. The number of aryl methyl sites for hydroxylation is 1. The highest BCUT2D eigenvalue weighted by molar-refractivity contribution is 5.87. The number of rotatable bonds is 2. The zero-order valence-corrected chi connectivity index (χ0v) is 8.41. The molecule has 0 atom stereocenters. The fraction of sp³-hybridized carbons (Fsp3) is 0.182. The van der Waals surface area contributed by atoms with Gasteiger partial charge in [0, 0.05) is 28.2 Å². The van der Waals surface area contributed by atoms with E-state index >= 15 is 0 Å². The number of nitrogens with zero attached hydrogens (tertiary/aromatic N) is 1. The second kappa shape index (κ2) is 3.38. The highest BCUT2D eigenvalue weighted by Gasteiger charge is 2.15. The van der Waals surface area contributed by atoms with Gasteiger partial charge in [-0.1, -0.05) is 0 Å². The van der Waals surface area contributed by atoms with E-state index in [4.69, 9.17) is 0 Å². The molecule has 4 nitrogen and oxygen atoms in total. The molecule has 2 rings (SSSR count). The van der Waals surface area contributed by atoms with Crippen LogP contribution in [0.4, 0.5) is 5.69 Å². The third kappa shape index (κ3) is 1.48. The van der Waals surface area contributed by atoms with Gasteiger partial charge in [-0.25, -0.2) is 0 Å². The standard InChI is InChI=1S/C11H11N2O2/c1-3-8-9-6-7(2)12-10(9)4-5-11(8)13(14)15/h4-6,12H,1,3H2,2H3. The van der Waals surface area contributed by atoms with Crippen molar-refractivity contribution in [2.75, 3.05) is 0 Å². The molecule has 4 heteroatoms. The molecule has 0 spiro atoms. The van der Waals surface area contributed by atoms with Gasteiger partial charge in [-0.2, -0.15) is 0 Å². The van der Waals surface area contributed by atoms with Crippen LogP contribution in [0.1, 0.15) is 11.3 Å². The number of nitrogens with one attached hydrogen (secondary N) is 1. The summed E-state index contributed by atoms with van der Waals surface area (Å²) in [5.74, 6) is 0. The predicted octanol–water partition coefficient (Wildman–Crippen LogP) is 2.76. The van der Waals surface area contributed by atoms with Crippen LogP contribution in [0.25, 0.3) is 10.9 Å². The summed E-state index contributed by atoms with van der Waals surface area (Å²) in [6, 6.07) is 5.18. The molecule has 0 aliphatic heterocycles. The Morgan fingerprint density at radius 2 is 2.27 bits per heavy atom. The van der Waals surface area contributed by atoms with E-state index in [0.717, 1.165) is 16.6 Å². The number of aromatic amines is 1. The van der Waals surface area contributed by atoms with E-state index in [1.165, 1.54) is 6.07 Å². The average molecular weight is 203 g/mol. The van der Waals surface area contributed by atoms with E-state index in [2.05, 4.69) is 11.9 Å². The summed E-state index contributed by atoms with van der Waals surface area (Å²) in [5.41, 5.74) is 2.77. The fourth-order valence-corrected chi connectivity index (χ4v) is 1.83. The van der Waals surface area contributed by atoms with Crippen molar-refractivity contribution in [3.05, 3.63) is 46.5 Å². The Bertz CT molecular complexity index is 529. The number of aromatic nitrogens is 1. The molecule has 0 bridgehead atoms. The smallest absolute Gasteiger partial charge is 0.273 e. The number of H-pyrrole nitrogens is 1. The molecule has 0 aliphatic carbocycles. The van der Waals surface area contributed by atoms with Crippen LogP contribution in [-0.2, 0) is 6.42 Å².